The fraction of sp³-hybridized carbons (Fsp3) is 0.500. The van der Waals surface area contributed by atoms with Crippen LogP contribution in [0.5, 0.6) is 5.75 Å². The SMILES string of the molecule is COc1ccc(-c2ccc3c(c2)CC(C)(C)C3NC(=O)O[C@@H]2CN3CCC2CC3)c(Cl)c1Cl. The number of nitrogens with one attached hydrogen (secondary N) is 1. The van der Waals surface area contributed by atoms with Gasteiger partial charge < -0.3 is 14.8 Å². The zero-order valence-electron chi connectivity index (χ0n) is 19.3. The molecule has 1 unspecified atom stereocenters. The van der Waals surface area contributed by atoms with Gasteiger partial charge in [-0.15, -0.1) is 0 Å². The molecule has 3 saturated heterocycles. The van der Waals surface area contributed by atoms with E-state index in [1.54, 1.807) is 7.11 Å². The Morgan fingerprint density at radius 3 is 2.55 bits per heavy atom. The summed E-state index contributed by atoms with van der Waals surface area (Å²) in [5.74, 6) is 1.05. The topological polar surface area (TPSA) is 50.8 Å². The number of ether oxygens (including phenoxy) is 2. The lowest BCUT2D eigenvalue weighted by atomic mass is 9.85. The van der Waals surface area contributed by atoms with Gasteiger partial charge in [-0.05, 0) is 72.5 Å². The number of carbonyl (C=O) groups is 1. The van der Waals surface area contributed by atoms with E-state index in [9.17, 15) is 4.79 Å². The Morgan fingerprint density at radius 2 is 1.88 bits per heavy atom. The first-order valence-electron chi connectivity index (χ1n) is 11.6. The van der Waals surface area contributed by atoms with Crippen LogP contribution in [0.15, 0.2) is 30.3 Å². The predicted octanol–water partition coefficient (Wildman–Crippen LogP) is 6.11. The summed E-state index contributed by atoms with van der Waals surface area (Å²) in [5, 5.41) is 4.07. The van der Waals surface area contributed by atoms with Gasteiger partial charge in [0.1, 0.15) is 16.9 Å². The number of alkyl carbamates (subject to hydrolysis) is 1. The number of hydrogen-bond acceptors (Lipinski definition) is 4. The van der Waals surface area contributed by atoms with Crippen molar-refractivity contribution in [3.05, 3.63) is 51.5 Å². The van der Waals surface area contributed by atoms with E-state index in [2.05, 4.69) is 36.2 Å². The van der Waals surface area contributed by atoms with E-state index in [0.29, 0.717) is 21.7 Å². The highest BCUT2D eigenvalue weighted by molar-refractivity contribution is 6.44. The van der Waals surface area contributed by atoms with E-state index in [1.807, 2.05) is 18.2 Å². The molecule has 3 fully saturated rings. The molecule has 0 aromatic heterocycles. The number of amides is 1. The summed E-state index contributed by atoms with van der Waals surface area (Å²) in [6, 6.07) is 9.93. The van der Waals surface area contributed by atoms with E-state index in [4.69, 9.17) is 32.7 Å². The highest BCUT2D eigenvalue weighted by Crippen LogP contribution is 2.47. The zero-order chi connectivity index (χ0) is 23.3. The number of benzene rings is 2. The van der Waals surface area contributed by atoms with Crippen molar-refractivity contribution in [3.8, 4) is 16.9 Å². The molecule has 0 spiro atoms. The van der Waals surface area contributed by atoms with Gasteiger partial charge in [0.15, 0.2) is 0 Å². The second kappa shape index (κ2) is 8.68. The van der Waals surface area contributed by atoms with Gasteiger partial charge in [-0.2, -0.15) is 0 Å². The number of carbonyl (C=O) groups excluding carboxylic acids is 1. The Labute approximate surface area is 205 Å². The number of piperidine rings is 3. The van der Waals surface area contributed by atoms with Crippen LogP contribution in [0.1, 0.15) is 43.9 Å². The minimum atomic E-state index is -0.311. The first kappa shape index (κ1) is 22.8. The Hall–Kier alpha value is -1.95. The summed E-state index contributed by atoms with van der Waals surface area (Å²) >= 11 is 12.9. The molecule has 5 nitrogen and oxygen atoms in total. The molecule has 4 aliphatic rings. The number of hydrogen-bond donors (Lipinski definition) is 1. The maximum absolute atomic E-state index is 12.9. The molecular weight excluding hydrogens is 459 g/mol. The van der Waals surface area contributed by atoms with Crippen LogP contribution >= 0.6 is 23.2 Å². The highest BCUT2D eigenvalue weighted by atomic mass is 35.5. The quantitative estimate of drug-likeness (QED) is 0.563. The standard InChI is InChI=1S/C26H30Cl2N2O3/c1-26(2)13-17-12-16(18-6-7-20(32-3)23(28)22(18)27)4-5-19(17)24(26)29-25(31)33-21-14-30-10-8-15(21)9-11-30/h4-7,12,15,21,24H,8-11,13-14H2,1-3H3,(H,29,31)/t21-,24?/m1/s1. The van der Waals surface area contributed by atoms with Crippen molar-refractivity contribution in [2.75, 3.05) is 26.7 Å². The number of rotatable bonds is 4. The van der Waals surface area contributed by atoms with E-state index in [-0.39, 0.29) is 23.7 Å². The molecular formula is C26H30Cl2N2O3. The monoisotopic (exact) mass is 488 g/mol. The minimum Gasteiger partial charge on any atom is -0.495 e. The van der Waals surface area contributed by atoms with Crippen molar-refractivity contribution in [2.24, 2.45) is 11.3 Å². The lowest BCUT2D eigenvalue weighted by Gasteiger charge is -2.44. The van der Waals surface area contributed by atoms with Gasteiger partial charge in [0, 0.05) is 12.1 Å². The van der Waals surface area contributed by atoms with Gasteiger partial charge >= 0.3 is 6.09 Å². The third-order valence-electron chi connectivity index (χ3n) is 7.58. The molecule has 2 atom stereocenters. The average Bonchev–Trinajstić information content (AvgIpc) is 3.05. The molecule has 6 rings (SSSR count). The summed E-state index contributed by atoms with van der Waals surface area (Å²) in [6.45, 7) is 7.48. The first-order valence-corrected chi connectivity index (χ1v) is 12.4. The lowest BCUT2D eigenvalue weighted by molar-refractivity contribution is -0.0348. The first-order chi connectivity index (χ1) is 15.8. The predicted molar refractivity (Wildman–Crippen MR) is 131 cm³/mol. The normalized spacial score (nSPS) is 27.2. The summed E-state index contributed by atoms with van der Waals surface area (Å²) in [6.07, 6.45) is 2.78. The van der Waals surface area contributed by atoms with Gasteiger partial charge in [-0.25, -0.2) is 4.79 Å². The van der Waals surface area contributed by atoms with Crippen molar-refractivity contribution >= 4 is 29.3 Å². The molecule has 2 aromatic carbocycles. The average molecular weight is 489 g/mol. The number of halogens is 2. The fourth-order valence-electron chi connectivity index (χ4n) is 5.74. The molecule has 7 heteroatoms. The van der Waals surface area contributed by atoms with Crippen LogP contribution in [0.3, 0.4) is 0 Å². The Balaban J connectivity index is 1.35. The van der Waals surface area contributed by atoms with Gasteiger partial charge in [0.05, 0.1) is 18.2 Å². The second-order valence-electron chi connectivity index (χ2n) is 10.2. The van der Waals surface area contributed by atoms with Crippen LogP contribution in [-0.4, -0.2) is 43.8 Å². The maximum Gasteiger partial charge on any atom is 0.407 e. The van der Waals surface area contributed by atoms with Gasteiger partial charge in [0.25, 0.3) is 0 Å². The minimum absolute atomic E-state index is 0.000763. The third kappa shape index (κ3) is 4.20. The molecule has 33 heavy (non-hydrogen) atoms. The summed E-state index contributed by atoms with van der Waals surface area (Å²) < 4.78 is 11.2. The fourth-order valence-corrected chi connectivity index (χ4v) is 6.25. The van der Waals surface area contributed by atoms with Crippen LogP contribution in [0, 0.1) is 11.3 Å². The molecule has 2 bridgehead atoms. The second-order valence-corrected chi connectivity index (χ2v) is 10.9. The molecule has 1 aliphatic carbocycles. The van der Waals surface area contributed by atoms with Crippen LogP contribution in [0.4, 0.5) is 4.79 Å². The van der Waals surface area contributed by atoms with E-state index in [1.165, 1.54) is 5.56 Å². The zero-order valence-corrected chi connectivity index (χ0v) is 20.8. The number of fused-ring (bicyclic) bond motifs is 4. The summed E-state index contributed by atoms with van der Waals surface area (Å²) in [5.41, 5.74) is 4.06. The molecule has 2 aromatic rings. The van der Waals surface area contributed by atoms with Crippen molar-refractivity contribution in [2.45, 2.75) is 45.3 Å². The molecule has 0 radical (unpaired) electrons. The Kier molecular flexibility index (Phi) is 6.00. The highest BCUT2D eigenvalue weighted by Gasteiger charge is 2.42. The molecule has 0 saturated carbocycles. The Morgan fingerprint density at radius 1 is 1.12 bits per heavy atom. The van der Waals surface area contributed by atoms with E-state index >= 15 is 0 Å². The van der Waals surface area contributed by atoms with Crippen LogP contribution in [-0.2, 0) is 11.2 Å². The van der Waals surface area contributed by atoms with Gasteiger partial charge in [0.2, 0.25) is 0 Å². The van der Waals surface area contributed by atoms with Gasteiger partial charge in [-0.1, -0.05) is 55.2 Å². The summed E-state index contributed by atoms with van der Waals surface area (Å²) in [7, 11) is 1.57. The number of methoxy groups -OCH3 is 1. The molecule has 1 N–H and O–H groups in total. The lowest BCUT2D eigenvalue weighted by Crippen LogP contribution is -2.53. The third-order valence-corrected chi connectivity index (χ3v) is 8.44. The van der Waals surface area contributed by atoms with Crippen LogP contribution in [0.25, 0.3) is 11.1 Å². The maximum atomic E-state index is 12.9. The Bertz CT molecular complexity index is 1080. The van der Waals surface area contributed by atoms with Crippen molar-refractivity contribution in [3.63, 3.8) is 0 Å². The van der Waals surface area contributed by atoms with E-state index < -0.39 is 0 Å². The summed E-state index contributed by atoms with van der Waals surface area (Å²) in [4.78, 5) is 15.3. The van der Waals surface area contributed by atoms with Crippen molar-refractivity contribution < 1.29 is 14.3 Å². The van der Waals surface area contributed by atoms with E-state index in [0.717, 1.165) is 55.6 Å². The molecule has 3 aliphatic heterocycles. The smallest absolute Gasteiger partial charge is 0.407 e. The van der Waals surface area contributed by atoms with Crippen LogP contribution in [0.2, 0.25) is 10.0 Å². The molecule has 1 amide bonds. The van der Waals surface area contributed by atoms with Crippen LogP contribution < -0.4 is 10.1 Å². The van der Waals surface area contributed by atoms with Crippen molar-refractivity contribution in [1.82, 2.24) is 10.2 Å². The number of nitrogens with zero attached hydrogens (tertiary/aromatic N) is 1. The van der Waals surface area contributed by atoms with Crippen molar-refractivity contribution in [1.29, 1.82) is 0 Å². The molecule has 3 heterocycles. The molecule has 176 valence electrons. The largest absolute Gasteiger partial charge is 0.495 e. The van der Waals surface area contributed by atoms with Gasteiger partial charge in [-0.3, -0.25) is 4.90 Å².